The third kappa shape index (κ3) is 5.16. The summed E-state index contributed by atoms with van der Waals surface area (Å²) in [5.41, 5.74) is 1.90. The van der Waals surface area contributed by atoms with E-state index in [0.717, 1.165) is 13.0 Å². The molecular weight excluding hydrogens is 262 g/mol. The summed E-state index contributed by atoms with van der Waals surface area (Å²) >= 11 is 0. The number of esters is 1. The second kappa shape index (κ2) is 8.18. The lowest BCUT2D eigenvalue weighted by Gasteiger charge is -2.26. The summed E-state index contributed by atoms with van der Waals surface area (Å²) in [5.74, 6) is 0.281. The molecule has 1 aromatic rings. The quantitative estimate of drug-likeness (QED) is 0.588. The number of hydrogen-bond acceptors (Lipinski definition) is 3. The van der Waals surface area contributed by atoms with Gasteiger partial charge < -0.3 is 9.64 Å². The lowest BCUT2D eigenvalue weighted by molar-refractivity contribution is 0.0485. The van der Waals surface area contributed by atoms with Crippen LogP contribution in [0.2, 0.25) is 0 Å². The molecule has 1 heterocycles. The van der Waals surface area contributed by atoms with Gasteiger partial charge in [0.05, 0.1) is 12.2 Å². The highest BCUT2D eigenvalue weighted by atomic mass is 16.5. The minimum atomic E-state index is -0.205. The molecule has 3 nitrogen and oxygen atoms in total. The summed E-state index contributed by atoms with van der Waals surface area (Å²) in [4.78, 5) is 14.4. The monoisotopic (exact) mass is 289 g/mol. The first-order valence-electron chi connectivity index (χ1n) is 8.16. The Labute approximate surface area is 128 Å². The van der Waals surface area contributed by atoms with Gasteiger partial charge in [0.15, 0.2) is 0 Å². The molecule has 1 aliphatic rings. The van der Waals surface area contributed by atoms with Crippen LogP contribution in [-0.4, -0.2) is 37.1 Å². The molecule has 0 bridgehead atoms. The summed E-state index contributed by atoms with van der Waals surface area (Å²) in [6.07, 6.45) is 4.90. The number of hydrogen-bond donors (Lipinski definition) is 0. The molecular formula is C18H27NO2. The molecule has 1 aromatic carbocycles. The van der Waals surface area contributed by atoms with Crippen molar-refractivity contribution in [1.29, 1.82) is 0 Å². The van der Waals surface area contributed by atoms with E-state index in [0.29, 0.717) is 18.1 Å². The van der Waals surface area contributed by atoms with Crippen molar-refractivity contribution < 1.29 is 9.53 Å². The molecule has 0 amide bonds. The second-order valence-corrected chi connectivity index (χ2v) is 6.17. The third-order valence-corrected chi connectivity index (χ3v) is 4.11. The largest absolute Gasteiger partial charge is 0.462 e. The van der Waals surface area contributed by atoms with Crippen molar-refractivity contribution in [1.82, 2.24) is 4.90 Å². The van der Waals surface area contributed by atoms with Crippen LogP contribution in [-0.2, 0) is 4.74 Å². The molecule has 0 atom stereocenters. The number of nitrogens with zero attached hydrogens (tertiary/aromatic N) is 1. The minimum absolute atomic E-state index is 0.205. The van der Waals surface area contributed by atoms with Gasteiger partial charge in [-0.1, -0.05) is 32.4 Å². The van der Waals surface area contributed by atoms with Crippen LogP contribution >= 0.6 is 0 Å². The van der Waals surface area contributed by atoms with Crippen LogP contribution < -0.4 is 0 Å². The maximum atomic E-state index is 11.9. The fraction of sp³-hybridized carbons (Fsp3) is 0.611. The van der Waals surface area contributed by atoms with Crippen molar-refractivity contribution in [3.63, 3.8) is 0 Å². The van der Waals surface area contributed by atoms with Crippen molar-refractivity contribution in [3.05, 3.63) is 35.4 Å². The SMILES string of the molecule is CC(C)c1ccc(C(=O)OCCCN2CCCCC2)cc1. The average molecular weight is 289 g/mol. The predicted octanol–water partition coefficient (Wildman–Crippen LogP) is 3.84. The molecule has 3 heteroatoms. The fourth-order valence-corrected chi connectivity index (χ4v) is 2.72. The van der Waals surface area contributed by atoms with Gasteiger partial charge in [0.1, 0.15) is 0 Å². The van der Waals surface area contributed by atoms with Crippen LogP contribution in [0.25, 0.3) is 0 Å². The molecule has 0 N–H and O–H groups in total. The summed E-state index contributed by atoms with van der Waals surface area (Å²) < 4.78 is 5.35. The summed E-state index contributed by atoms with van der Waals surface area (Å²) in [6, 6.07) is 7.74. The van der Waals surface area contributed by atoms with E-state index in [2.05, 4.69) is 18.7 Å². The van der Waals surface area contributed by atoms with Crippen molar-refractivity contribution in [2.24, 2.45) is 0 Å². The number of ether oxygens (including phenoxy) is 1. The van der Waals surface area contributed by atoms with Crippen LogP contribution in [0.3, 0.4) is 0 Å². The first-order chi connectivity index (χ1) is 10.2. The van der Waals surface area contributed by atoms with Gasteiger partial charge in [0.25, 0.3) is 0 Å². The maximum Gasteiger partial charge on any atom is 0.338 e. The van der Waals surface area contributed by atoms with Crippen molar-refractivity contribution >= 4 is 5.97 Å². The van der Waals surface area contributed by atoms with E-state index >= 15 is 0 Å². The number of piperidine rings is 1. The lowest BCUT2D eigenvalue weighted by Crippen LogP contribution is -2.31. The van der Waals surface area contributed by atoms with Crippen LogP contribution in [0.15, 0.2) is 24.3 Å². The van der Waals surface area contributed by atoms with E-state index in [1.807, 2.05) is 24.3 Å². The second-order valence-electron chi connectivity index (χ2n) is 6.17. The number of rotatable bonds is 6. The van der Waals surface area contributed by atoms with E-state index in [-0.39, 0.29) is 5.97 Å². The Morgan fingerprint density at radius 2 is 1.81 bits per heavy atom. The highest BCUT2D eigenvalue weighted by Gasteiger charge is 2.11. The van der Waals surface area contributed by atoms with Gasteiger partial charge in [-0.3, -0.25) is 0 Å². The molecule has 21 heavy (non-hydrogen) atoms. The molecule has 0 radical (unpaired) electrons. The van der Waals surface area contributed by atoms with Gasteiger partial charge in [-0.15, -0.1) is 0 Å². The van der Waals surface area contributed by atoms with E-state index in [1.54, 1.807) is 0 Å². The molecule has 0 aromatic heterocycles. The average Bonchev–Trinajstić information content (AvgIpc) is 2.52. The first-order valence-corrected chi connectivity index (χ1v) is 8.16. The Balaban J connectivity index is 1.69. The highest BCUT2D eigenvalue weighted by Crippen LogP contribution is 2.15. The van der Waals surface area contributed by atoms with E-state index in [9.17, 15) is 4.79 Å². The topological polar surface area (TPSA) is 29.5 Å². The Kier molecular flexibility index (Phi) is 6.24. The summed E-state index contributed by atoms with van der Waals surface area (Å²) in [6.45, 7) is 8.25. The van der Waals surface area contributed by atoms with Gasteiger partial charge in [0, 0.05) is 6.54 Å². The zero-order valence-electron chi connectivity index (χ0n) is 13.3. The first kappa shape index (κ1) is 16.0. The van der Waals surface area contributed by atoms with Gasteiger partial charge in [-0.2, -0.15) is 0 Å². The minimum Gasteiger partial charge on any atom is -0.462 e. The molecule has 0 saturated carbocycles. The zero-order valence-corrected chi connectivity index (χ0v) is 13.3. The Hall–Kier alpha value is -1.35. The third-order valence-electron chi connectivity index (χ3n) is 4.11. The molecule has 1 aliphatic heterocycles. The van der Waals surface area contributed by atoms with Crippen LogP contribution in [0.1, 0.15) is 61.4 Å². The van der Waals surface area contributed by atoms with Crippen molar-refractivity contribution in [3.8, 4) is 0 Å². The molecule has 2 rings (SSSR count). The van der Waals surface area contributed by atoms with Crippen LogP contribution in [0.4, 0.5) is 0 Å². The Morgan fingerprint density at radius 1 is 1.14 bits per heavy atom. The predicted molar refractivity (Wildman–Crippen MR) is 85.7 cm³/mol. The standard InChI is InChI=1S/C18H27NO2/c1-15(2)16-7-9-17(10-8-16)18(20)21-14-6-13-19-11-4-3-5-12-19/h7-10,15H,3-6,11-14H2,1-2H3. The van der Waals surface area contributed by atoms with Crippen molar-refractivity contribution in [2.45, 2.75) is 45.4 Å². The number of likely N-dealkylation sites (tertiary alicyclic amines) is 1. The van der Waals surface area contributed by atoms with Gasteiger partial charge in [-0.05, 0) is 56.0 Å². The molecule has 0 spiro atoms. The van der Waals surface area contributed by atoms with Gasteiger partial charge >= 0.3 is 5.97 Å². The normalized spacial score (nSPS) is 16.1. The molecule has 0 aliphatic carbocycles. The maximum absolute atomic E-state index is 11.9. The van der Waals surface area contributed by atoms with E-state index < -0.39 is 0 Å². The summed E-state index contributed by atoms with van der Waals surface area (Å²) in [5, 5.41) is 0. The Bertz CT molecular complexity index is 433. The van der Waals surface area contributed by atoms with Gasteiger partial charge in [0.2, 0.25) is 0 Å². The summed E-state index contributed by atoms with van der Waals surface area (Å²) in [7, 11) is 0. The smallest absolute Gasteiger partial charge is 0.338 e. The van der Waals surface area contributed by atoms with Gasteiger partial charge in [-0.25, -0.2) is 4.79 Å². The van der Waals surface area contributed by atoms with Crippen molar-refractivity contribution in [2.75, 3.05) is 26.2 Å². The number of carbonyl (C=O) groups excluding carboxylic acids is 1. The Morgan fingerprint density at radius 3 is 2.43 bits per heavy atom. The molecule has 0 unspecified atom stereocenters. The van der Waals surface area contributed by atoms with E-state index in [4.69, 9.17) is 4.74 Å². The highest BCUT2D eigenvalue weighted by molar-refractivity contribution is 5.89. The lowest BCUT2D eigenvalue weighted by atomic mass is 10.0. The number of benzene rings is 1. The molecule has 1 fully saturated rings. The van der Waals surface area contributed by atoms with E-state index in [1.165, 1.54) is 37.9 Å². The number of carbonyl (C=O) groups is 1. The molecule has 1 saturated heterocycles. The van der Waals surface area contributed by atoms with Crippen LogP contribution in [0.5, 0.6) is 0 Å². The zero-order chi connectivity index (χ0) is 15.1. The van der Waals surface area contributed by atoms with Crippen LogP contribution in [0, 0.1) is 0 Å². The fourth-order valence-electron chi connectivity index (χ4n) is 2.72. The molecule has 116 valence electrons.